The molecule has 0 aliphatic heterocycles. The van der Waals surface area contributed by atoms with Gasteiger partial charge in [-0.25, -0.2) is 9.59 Å². The van der Waals surface area contributed by atoms with Crippen molar-refractivity contribution in [2.75, 3.05) is 32.5 Å². The van der Waals surface area contributed by atoms with Crippen LogP contribution < -0.4 is 21.9 Å². The van der Waals surface area contributed by atoms with Crippen LogP contribution in [0.15, 0.2) is 109 Å². The average Bonchev–Trinajstić information content (AvgIpc) is 3.29. The second-order valence-corrected chi connectivity index (χ2v) is 18.8. The van der Waals surface area contributed by atoms with Crippen molar-refractivity contribution in [1.29, 1.82) is 0 Å². The van der Waals surface area contributed by atoms with Crippen molar-refractivity contribution >= 4 is 56.4 Å². The molecule has 0 saturated carbocycles. The predicted octanol–water partition coefficient (Wildman–Crippen LogP) is 12.9. The smallest absolute Gasteiger partial charge is 0.416 e. The molecule has 0 bridgehead atoms. The number of carbonyl (C=O) groups is 2. The first-order valence-corrected chi connectivity index (χ1v) is 22.8. The Morgan fingerprint density at radius 1 is 0.377 bits per heavy atom. The molecule has 0 amide bonds. The summed E-state index contributed by atoms with van der Waals surface area (Å²) in [7, 11) is 2.53. The SMILES string of the molecule is COC(=O)C(C(=O)OC)=C(C[S+](C)C)c1ccccc1.FC(F)(F)c1cc([B-](c2cc(C(F)(F)F)cc(C(F)(F)F)c2)(c2cc(C(F)(F)F)cc(C(F)(F)F)c2)c2cc(C(F)(F)F)cc(C(F)(F)F)c2)cc(C(F)(F)F)c1. The molecule has 0 heterocycles. The van der Waals surface area contributed by atoms with E-state index in [-0.39, 0.29) is 16.5 Å². The molecule has 5 aromatic rings. The van der Waals surface area contributed by atoms with E-state index in [1.165, 1.54) is 14.2 Å². The number of hydrogen-bond donors (Lipinski definition) is 0. The molecule has 30 heteroatoms. The number of alkyl halides is 24. The van der Waals surface area contributed by atoms with Crippen LogP contribution in [0.4, 0.5) is 105 Å². The van der Waals surface area contributed by atoms with Gasteiger partial charge in [0.1, 0.15) is 11.9 Å². The summed E-state index contributed by atoms with van der Waals surface area (Å²) in [6.45, 7) is 0. The molecule has 0 spiro atoms. The van der Waals surface area contributed by atoms with Crippen molar-refractivity contribution in [1.82, 2.24) is 0 Å². The monoisotopic (exact) mass is 1160 g/mol. The van der Waals surface area contributed by atoms with E-state index in [4.69, 9.17) is 9.47 Å². The van der Waals surface area contributed by atoms with E-state index >= 15 is 0 Å². The summed E-state index contributed by atoms with van der Waals surface area (Å²) in [5, 5.41) is 0. The Hall–Kier alpha value is -6.49. The number of carbonyl (C=O) groups excluding carboxylic acids is 2. The van der Waals surface area contributed by atoms with E-state index in [2.05, 4.69) is 12.5 Å². The maximum Gasteiger partial charge on any atom is 0.416 e. The number of halogens is 24. The molecule has 0 aliphatic rings. The topological polar surface area (TPSA) is 52.6 Å². The quantitative estimate of drug-likeness (QED) is 0.0281. The molecule has 0 atom stereocenters. The summed E-state index contributed by atoms with van der Waals surface area (Å²) in [5.41, 5.74) is -28.7. The van der Waals surface area contributed by atoms with Gasteiger partial charge in [0, 0.05) is 5.57 Å². The molecule has 5 aromatic carbocycles. The zero-order valence-electron chi connectivity index (χ0n) is 38.7. The zero-order chi connectivity index (χ0) is 59.0. The third-order valence-electron chi connectivity index (χ3n) is 11.1. The minimum Gasteiger partial charge on any atom is -0.465 e. The lowest BCUT2D eigenvalue weighted by Gasteiger charge is -2.46. The fourth-order valence-electron chi connectivity index (χ4n) is 7.83. The standard InChI is InChI=1S/C32H12BF24.C15H19O4S/c34-25(35,36)13-1-14(26(37,38)39)6-21(5-13)33(22-7-15(27(40,41)42)2-16(8-22)28(43,44)45,23-9-17(29(46,47)48)3-18(10-23)30(49,50)51)24-11-19(31(52,53)54)4-20(12-24)32(55,56)57;1-18-14(16)13(15(17)19-2)12(10-20(3)4)11-8-6-5-7-9-11/h1-12H;5-9H,10H2,1-4H3/q-1;+1. The molecule has 0 aliphatic carbocycles. The Kier molecular flexibility index (Phi) is 18.1. The van der Waals surface area contributed by atoms with Gasteiger partial charge in [-0.1, -0.05) is 78.9 Å². The van der Waals surface area contributed by atoms with Crippen LogP contribution in [0.2, 0.25) is 0 Å². The molecule has 0 saturated heterocycles. The first kappa shape index (κ1) is 63.1. The summed E-state index contributed by atoms with van der Waals surface area (Å²) in [4.78, 5) is 23.9. The lowest BCUT2D eigenvalue weighted by atomic mass is 9.12. The lowest BCUT2D eigenvalue weighted by molar-refractivity contribution is -0.145. The van der Waals surface area contributed by atoms with E-state index in [0.717, 1.165) is 5.56 Å². The number of rotatable bonds is 9. The summed E-state index contributed by atoms with van der Waals surface area (Å²) < 4.78 is 350. The van der Waals surface area contributed by atoms with Crippen LogP contribution in [-0.2, 0) is 79.4 Å². The van der Waals surface area contributed by atoms with Gasteiger partial charge in [-0.05, 0) is 40.7 Å². The van der Waals surface area contributed by atoms with Crippen LogP contribution in [0, 0.1) is 0 Å². The van der Waals surface area contributed by atoms with E-state index in [1.807, 2.05) is 30.3 Å². The first-order chi connectivity index (χ1) is 34.8. The highest BCUT2D eigenvalue weighted by Gasteiger charge is 2.47. The van der Waals surface area contributed by atoms with Crippen LogP contribution in [-0.4, -0.2) is 50.6 Å². The molecule has 5 rings (SSSR count). The van der Waals surface area contributed by atoms with Gasteiger partial charge in [-0.2, -0.15) is 127 Å². The van der Waals surface area contributed by atoms with Gasteiger partial charge < -0.3 is 9.47 Å². The van der Waals surface area contributed by atoms with Crippen molar-refractivity contribution in [2.45, 2.75) is 49.4 Å². The van der Waals surface area contributed by atoms with Gasteiger partial charge >= 0.3 is 61.3 Å². The number of esters is 2. The van der Waals surface area contributed by atoms with Crippen molar-refractivity contribution < 1.29 is 124 Å². The fraction of sp³-hybridized carbons (Fsp3) is 0.277. The van der Waals surface area contributed by atoms with Gasteiger partial charge in [0.25, 0.3) is 0 Å². The van der Waals surface area contributed by atoms with Crippen LogP contribution in [0.5, 0.6) is 0 Å². The Labute approximate surface area is 420 Å². The molecule has 0 N–H and O–H groups in total. The number of hydrogen-bond acceptors (Lipinski definition) is 4. The molecule has 0 unspecified atom stereocenters. The number of ether oxygens (including phenoxy) is 2. The zero-order valence-corrected chi connectivity index (χ0v) is 39.5. The van der Waals surface area contributed by atoms with Gasteiger partial charge in [-0.3, -0.25) is 0 Å². The Bertz CT molecular complexity index is 2520. The number of methoxy groups -OCH3 is 2. The van der Waals surface area contributed by atoms with E-state index in [1.54, 1.807) is 0 Å². The third-order valence-corrected chi connectivity index (χ3v) is 11.9. The third kappa shape index (κ3) is 15.0. The Balaban J connectivity index is 0.000000536. The Morgan fingerprint density at radius 2 is 0.584 bits per heavy atom. The van der Waals surface area contributed by atoms with Gasteiger partial charge in [0.2, 0.25) is 0 Å². The van der Waals surface area contributed by atoms with E-state index in [0.29, 0.717) is 11.3 Å². The normalized spacial score (nSPS) is 13.2. The van der Waals surface area contributed by atoms with Gasteiger partial charge in [-0.15, -0.1) is 0 Å². The minimum absolute atomic E-state index is 0.0228. The second kappa shape index (κ2) is 22.1. The molecule has 0 radical (unpaired) electrons. The van der Waals surface area contributed by atoms with Crippen LogP contribution in [0.1, 0.15) is 50.1 Å². The summed E-state index contributed by atoms with van der Waals surface area (Å²) in [6.07, 6.45) is -50.7. The molecular formula is C47H31BF24O4S. The molecular weight excluding hydrogens is 1130 g/mol. The van der Waals surface area contributed by atoms with Gasteiger partial charge in [0.05, 0.1) is 71.2 Å². The summed E-state index contributed by atoms with van der Waals surface area (Å²) in [5.74, 6) is -0.717. The van der Waals surface area contributed by atoms with Crippen molar-refractivity contribution in [3.05, 3.63) is 159 Å². The van der Waals surface area contributed by atoms with Crippen molar-refractivity contribution in [3.8, 4) is 0 Å². The van der Waals surface area contributed by atoms with E-state index in [9.17, 15) is 115 Å². The molecule has 4 nitrogen and oxygen atoms in total. The maximum atomic E-state index is 14.2. The highest BCUT2D eigenvalue weighted by Crippen LogP contribution is 2.41. The number of benzene rings is 5. The summed E-state index contributed by atoms with van der Waals surface area (Å²) in [6, 6.07) is 0.544. The lowest BCUT2D eigenvalue weighted by Crippen LogP contribution is -2.75. The fourth-order valence-corrected chi connectivity index (χ4v) is 8.72. The molecule has 0 aromatic heterocycles. The van der Waals surface area contributed by atoms with Crippen molar-refractivity contribution in [3.63, 3.8) is 0 Å². The largest absolute Gasteiger partial charge is 0.465 e. The Morgan fingerprint density at radius 3 is 0.753 bits per heavy atom. The molecule has 77 heavy (non-hydrogen) atoms. The van der Waals surface area contributed by atoms with Crippen LogP contribution in [0.25, 0.3) is 5.57 Å². The second-order valence-electron chi connectivity index (χ2n) is 16.6. The average molecular weight is 1160 g/mol. The summed E-state index contributed by atoms with van der Waals surface area (Å²) >= 11 is 0. The maximum absolute atomic E-state index is 14.2. The molecule has 0 fully saturated rings. The predicted molar refractivity (Wildman–Crippen MR) is 232 cm³/mol. The highest BCUT2D eigenvalue weighted by atomic mass is 32.2. The van der Waals surface area contributed by atoms with Crippen molar-refractivity contribution in [2.24, 2.45) is 0 Å². The van der Waals surface area contributed by atoms with Crippen LogP contribution >= 0.6 is 0 Å². The van der Waals surface area contributed by atoms with Crippen LogP contribution in [0.3, 0.4) is 0 Å². The minimum atomic E-state index is -6.13. The molecule has 420 valence electrons. The highest BCUT2D eigenvalue weighted by molar-refractivity contribution is 7.95. The van der Waals surface area contributed by atoms with E-state index < -0.39 is 207 Å². The van der Waals surface area contributed by atoms with Gasteiger partial charge in [0.15, 0.2) is 5.57 Å². The first-order valence-electron chi connectivity index (χ1n) is 20.6.